The fourth-order valence-electron chi connectivity index (χ4n) is 5.50. The summed E-state index contributed by atoms with van der Waals surface area (Å²) in [7, 11) is 0. The number of hydrazine groups is 1. The minimum Gasteiger partial charge on any atom is -0.339 e. The van der Waals surface area contributed by atoms with Crippen LogP contribution < -0.4 is 10.2 Å². The molecule has 0 unspecified atom stereocenters. The predicted molar refractivity (Wildman–Crippen MR) is 128 cm³/mol. The molecule has 3 heterocycles. The third-order valence-corrected chi connectivity index (χ3v) is 7.38. The molecule has 0 aliphatic carbocycles. The van der Waals surface area contributed by atoms with Crippen LogP contribution in [0.4, 0.5) is 8.78 Å². The Morgan fingerprint density at radius 1 is 1.22 bits per heavy atom. The summed E-state index contributed by atoms with van der Waals surface area (Å²) in [6.45, 7) is 2.07. The molecule has 1 aromatic heterocycles. The molecule has 0 bridgehead atoms. The minimum absolute atomic E-state index is 0.0522. The molecule has 10 nitrogen and oxygen atoms in total. The van der Waals surface area contributed by atoms with Crippen molar-refractivity contribution in [2.24, 2.45) is 5.92 Å². The van der Waals surface area contributed by atoms with Crippen molar-refractivity contribution in [1.82, 2.24) is 19.6 Å². The molecule has 2 aromatic carbocycles. The lowest BCUT2D eigenvalue weighted by atomic mass is 9.81. The molecule has 1 amide bonds. The number of hydrogen-bond acceptors (Lipinski definition) is 5. The minimum atomic E-state index is -0.733. The average molecular weight is 533 g/mol. The number of nitrogens with zero attached hydrogens (tertiary/aromatic N) is 6. The molecule has 0 saturated carbocycles. The molecule has 194 valence electrons. The number of nitro groups is 1. The van der Waals surface area contributed by atoms with E-state index >= 15 is 0 Å². The maximum atomic E-state index is 14.9. The molecule has 3 aromatic rings. The monoisotopic (exact) mass is 532 g/mol. The lowest BCUT2D eigenvalue weighted by Crippen LogP contribution is -2.49. The van der Waals surface area contributed by atoms with Gasteiger partial charge in [-0.05, 0) is 46.0 Å². The van der Waals surface area contributed by atoms with E-state index < -0.39 is 16.7 Å². The van der Waals surface area contributed by atoms with Crippen molar-refractivity contribution >= 4 is 17.5 Å². The number of hydrogen-bond donors (Lipinski definition) is 1. The Bertz CT molecular complexity index is 1310. The van der Waals surface area contributed by atoms with E-state index in [4.69, 9.17) is 11.6 Å². The summed E-state index contributed by atoms with van der Waals surface area (Å²) in [5.41, 5.74) is 3.45. The van der Waals surface area contributed by atoms with Gasteiger partial charge in [0.2, 0.25) is 6.54 Å². The molecule has 2 fully saturated rings. The van der Waals surface area contributed by atoms with Crippen molar-refractivity contribution in [3.05, 3.63) is 93.0 Å². The van der Waals surface area contributed by atoms with Gasteiger partial charge in [-0.15, -0.1) is 0 Å². The van der Waals surface area contributed by atoms with Crippen molar-refractivity contribution in [3.8, 4) is 0 Å². The number of carbonyl (C=O) groups is 1. The summed E-state index contributed by atoms with van der Waals surface area (Å²) in [6.07, 6.45) is 3.21. The number of carbonyl (C=O) groups excluding carboxylic acids is 1. The fourth-order valence-corrected chi connectivity index (χ4v) is 5.62. The maximum absolute atomic E-state index is 14.9. The highest BCUT2D eigenvalue weighted by Gasteiger charge is 2.46. The van der Waals surface area contributed by atoms with Gasteiger partial charge < -0.3 is 15.0 Å². The van der Waals surface area contributed by atoms with E-state index in [0.29, 0.717) is 43.2 Å². The predicted octanol–water partition coefficient (Wildman–Crippen LogP) is 2.35. The van der Waals surface area contributed by atoms with Gasteiger partial charge in [0.1, 0.15) is 16.7 Å². The van der Waals surface area contributed by atoms with Crippen LogP contribution in [0, 0.1) is 27.7 Å². The summed E-state index contributed by atoms with van der Waals surface area (Å²) in [5.74, 6) is -1.67. The molecule has 13 heteroatoms. The van der Waals surface area contributed by atoms with Crippen LogP contribution in [0.1, 0.15) is 23.5 Å². The van der Waals surface area contributed by atoms with Gasteiger partial charge in [0.25, 0.3) is 5.91 Å². The summed E-state index contributed by atoms with van der Waals surface area (Å²) in [6, 6.07) is 11.4. The van der Waals surface area contributed by atoms with Crippen molar-refractivity contribution in [2.45, 2.75) is 31.5 Å². The van der Waals surface area contributed by atoms with Gasteiger partial charge in [0.15, 0.2) is 0 Å². The van der Waals surface area contributed by atoms with Crippen LogP contribution in [-0.2, 0) is 17.9 Å². The summed E-state index contributed by atoms with van der Waals surface area (Å²) in [5, 5.41) is 14.5. The smallest absolute Gasteiger partial charge is 0.339 e. The first-order valence-electron chi connectivity index (χ1n) is 11.8. The molecular weight excluding hydrogens is 508 g/mol. The number of piperidine rings is 1. The number of amides is 1. The molecule has 37 heavy (non-hydrogen) atoms. The maximum Gasteiger partial charge on any atom is 0.364 e. The number of benzene rings is 2. The largest absolute Gasteiger partial charge is 0.364 e. The Morgan fingerprint density at radius 2 is 2.00 bits per heavy atom. The number of fused-ring (bicyclic) bond motifs is 1. The zero-order valence-electron chi connectivity index (χ0n) is 19.7. The van der Waals surface area contributed by atoms with E-state index in [-0.39, 0.29) is 30.3 Å². The zero-order chi connectivity index (χ0) is 26.1. The van der Waals surface area contributed by atoms with Crippen LogP contribution in [0.2, 0.25) is 5.02 Å². The van der Waals surface area contributed by atoms with Crippen LogP contribution in [0.3, 0.4) is 0 Å². The highest BCUT2D eigenvalue weighted by molar-refractivity contribution is 6.30. The average Bonchev–Trinajstić information content (AvgIpc) is 3.44. The highest BCUT2D eigenvalue weighted by Crippen LogP contribution is 2.43. The molecule has 2 saturated heterocycles. The number of nitrogens with one attached hydrogen (secondary N) is 1. The highest BCUT2D eigenvalue weighted by atomic mass is 35.5. The molecule has 0 spiro atoms. The normalized spacial score (nSPS) is 21.6. The molecule has 1 N–H and O–H groups in total. The van der Waals surface area contributed by atoms with Gasteiger partial charge in [0.05, 0.1) is 0 Å². The number of rotatable bonds is 7. The quantitative estimate of drug-likeness (QED) is 0.285. The lowest BCUT2D eigenvalue weighted by molar-refractivity contribution is -0.774. The number of halogens is 3. The second-order valence-electron chi connectivity index (χ2n) is 9.40. The van der Waals surface area contributed by atoms with Crippen LogP contribution in [0.15, 0.2) is 55.1 Å². The molecular formula is C24H25ClF2N7O3+. The molecule has 2 aliphatic rings. The Labute approximate surface area is 216 Å². The van der Waals surface area contributed by atoms with Gasteiger partial charge in [0, 0.05) is 60.2 Å². The molecule has 3 atom stereocenters. The van der Waals surface area contributed by atoms with Crippen molar-refractivity contribution < 1.29 is 23.3 Å². The van der Waals surface area contributed by atoms with Gasteiger partial charge in [-0.1, -0.05) is 34.5 Å². The van der Waals surface area contributed by atoms with Crippen molar-refractivity contribution in [2.75, 3.05) is 25.2 Å². The summed E-state index contributed by atoms with van der Waals surface area (Å²) >= 11 is 6.04. The molecule has 2 aliphatic heterocycles. The van der Waals surface area contributed by atoms with E-state index in [1.54, 1.807) is 4.90 Å². The van der Waals surface area contributed by atoms with E-state index in [2.05, 4.69) is 10.00 Å². The van der Waals surface area contributed by atoms with Gasteiger partial charge in [-0.2, -0.15) is 0 Å². The topological polar surface area (TPSA) is 100 Å². The first kappa shape index (κ1) is 25.0. The Hall–Kier alpha value is -3.64. The van der Waals surface area contributed by atoms with Gasteiger partial charge >= 0.3 is 12.7 Å². The van der Waals surface area contributed by atoms with E-state index in [1.807, 2.05) is 29.8 Å². The molecule has 0 radical (unpaired) electrons. The van der Waals surface area contributed by atoms with Crippen molar-refractivity contribution in [3.63, 3.8) is 0 Å². The molecule has 5 rings (SSSR count). The third kappa shape index (κ3) is 5.54. The summed E-state index contributed by atoms with van der Waals surface area (Å²) in [4.78, 5) is 27.7. The Kier molecular flexibility index (Phi) is 7.02. The Morgan fingerprint density at radius 3 is 2.73 bits per heavy atom. The third-order valence-electron chi connectivity index (χ3n) is 7.13. The second kappa shape index (κ2) is 10.4. The first-order valence-corrected chi connectivity index (χ1v) is 12.2. The Balaban J connectivity index is 1.34. The van der Waals surface area contributed by atoms with Crippen LogP contribution in [-0.4, -0.2) is 56.2 Å². The number of likely N-dealkylation sites (tertiary alicyclic amines) is 2. The standard InChI is InChI=1S/C24H25ClF2N7O3/c25-17-3-1-16(2-4-17)10-31-11-20(19-6-5-18(26)9-22(19)27)21-12-30(8-7-23(21)31)24(35)13-32-15-33(14-28-32)29-34(36)37/h1-6,9,14-15,20-21,23,29H,7-8,10-13H2/q+1/t20-,21-,23-/m1/s1. The SMILES string of the molecule is O=C(Cn1c[n+](N[N+](=O)[O-])cn1)N1CC[C@@H]2[C@H](C1)[C@@H](c1ccc(F)cc1F)CN2Cc1ccc(Cl)cc1. The van der Waals surface area contributed by atoms with Crippen LogP contribution >= 0.6 is 11.6 Å². The van der Waals surface area contributed by atoms with Crippen LogP contribution in [0.5, 0.6) is 0 Å². The van der Waals surface area contributed by atoms with Gasteiger partial charge in [-0.3, -0.25) is 9.69 Å². The first-order chi connectivity index (χ1) is 17.8. The van der Waals surface area contributed by atoms with Crippen molar-refractivity contribution in [1.29, 1.82) is 0 Å². The summed E-state index contributed by atoms with van der Waals surface area (Å²) < 4.78 is 30.9. The number of aromatic nitrogens is 3. The fraction of sp³-hybridized carbons (Fsp3) is 0.375. The van der Waals surface area contributed by atoms with E-state index in [1.165, 1.54) is 29.5 Å². The zero-order valence-corrected chi connectivity index (χ0v) is 20.5. The van der Waals surface area contributed by atoms with Crippen LogP contribution in [0.25, 0.3) is 0 Å². The van der Waals surface area contributed by atoms with E-state index in [9.17, 15) is 23.7 Å². The second-order valence-corrected chi connectivity index (χ2v) is 9.83. The lowest BCUT2D eigenvalue weighted by Gasteiger charge is -2.39. The van der Waals surface area contributed by atoms with Gasteiger partial charge in [-0.25, -0.2) is 8.78 Å². The van der Waals surface area contributed by atoms with E-state index in [0.717, 1.165) is 16.3 Å².